The van der Waals surface area contributed by atoms with Gasteiger partial charge in [-0.15, -0.1) is 0 Å². The Morgan fingerprint density at radius 3 is 2.38 bits per heavy atom. The Balaban J connectivity index is 3.18. The Morgan fingerprint density at radius 1 is 1.23 bits per heavy atom. The molecule has 0 aliphatic heterocycles. The van der Waals surface area contributed by atoms with Crippen molar-refractivity contribution in [2.24, 2.45) is 5.73 Å². The molecule has 0 bridgehead atoms. The summed E-state index contributed by atoms with van der Waals surface area (Å²) in [6.07, 6.45) is 0.474. The molecule has 1 atom stereocenters. The van der Waals surface area contributed by atoms with E-state index in [0.29, 0.717) is 6.42 Å². The molecule has 72 valence electrons. The first-order chi connectivity index (χ1) is 6.07. The average Bonchev–Trinajstić information content (AvgIpc) is 2.13. The quantitative estimate of drug-likeness (QED) is 0.711. The summed E-state index contributed by atoms with van der Waals surface area (Å²) in [5.41, 5.74) is 5.50. The monoisotopic (exact) mass is 189 g/mol. The molecule has 0 aliphatic carbocycles. The first-order valence-corrected chi connectivity index (χ1v) is 3.96. The van der Waals surface area contributed by atoms with Gasteiger partial charge in [0.25, 0.3) is 0 Å². The SMILES string of the molecule is CC[C@H](N)c1ccc(F)c(F)c1F. The zero-order valence-corrected chi connectivity index (χ0v) is 7.15. The second-order valence-corrected chi connectivity index (χ2v) is 2.78. The van der Waals surface area contributed by atoms with Gasteiger partial charge in [-0.3, -0.25) is 0 Å². The third kappa shape index (κ3) is 1.83. The Labute approximate surface area is 74.4 Å². The van der Waals surface area contributed by atoms with Gasteiger partial charge in [0.1, 0.15) is 0 Å². The normalized spacial score (nSPS) is 13.0. The van der Waals surface area contributed by atoms with Gasteiger partial charge in [-0.25, -0.2) is 13.2 Å². The highest BCUT2D eigenvalue weighted by molar-refractivity contribution is 5.23. The molecular formula is C9H10F3N. The van der Waals surface area contributed by atoms with Gasteiger partial charge < -0.3 is 5.73 Å². The van der Waals surface area contributed by atoms with E-state index in [1.165, 1.54) is 6.07 Å². The smallest absolute Gasteiger partial charge is 0.194 e. The van der Waals surface area contributed by atoms with Crippen LogP contribution in [-0.4, -0.2) is 0 Å². The number of nitrogens with two attached hydrogens (primary N) is 1. The number of halogens is 3. The van der Waals surface area contributed by atoms with Crippen molar-refractivity contribution in [3.8, 4) is 0 Å². The summed E-state index contributed by atoms with van der Waals surface area (Å²) in [5, 5.41) is 0. The van der Waals surface area contributed by atoms with E-state index in [1.54, 1.807) is 6.92 Å². The van der Waals surface area contributed by atoms with Crippen molar-refractivity contribution in [1.29, 1.82) is 0 Å². The Hall–Kier alpha value is -1.03. The van der Waals surface area contributed by atoms with Crippen molar-refractivity contribution in [2.45, 2.75) is 19.4 Å². The van der Waals surface area contributed by atoms with Crippen LogP contribution >= 0.6 is 0 Å². The Bertz CT molecular complexity index is 312. The van der Waals surface area contributed by atoms with Crippen LogP contribution in [-0.2, 0) is 0 Å². The molecule has 0 radical (unpaired) electrons. The standard InChI is InChI=1S/C9H10F3N/c1-2-7(13)5-3-4-6(10)9(12)8(5)11/h3-4,7H,2,13H2,1H3/t7-/m0/s1. The van der Waals surface area contributed by atoms with E-state index in [0.717, 1.165) is 6.07 Å². The number of benzene rings is 1. The summed E-state index contributed by atoms with van der Waals surface area (Å²) >= 11 is 0. The van der Waals surface area contributed by atoms with Crippen LogP contribution in [0, 0.1) is 17.5 Å². The lowest BCUT2D eigenvalue weighted by Crippen LogP contribution is -2.12. The minimum Gasteiger partial charge on any atom is -0.324 e. The molecule has 1 rings (SSSR count). The van der Waals surface area contributed by atoms with Gasteiger partial charge in [-0.05, 0) is 12.5 Å². The number of rotatable bonds is 2. The van der Waals surface area contributed by atoms with Gasteiger partial charge in [-0.2, -0.15) is 0 Å². The predicted octanol–water partition coefficient (Wildman–Crippen LogP) is 2.51. The van der Waals surface area contributed by atoms with E-state index in [1.807, 2.05) is 0 Å². The van der Waals surface area contributed by atoms with E-state index in [4.69, 9.17) is 5.73 Å². The van der Waals surface area contributed by atoms with Crippen molar-refractivity contribution < 1.29 is 13.2 Å². The highest BCUT2D eigenvalue weighted by Crippen LogP contribution is 2.21. The molecule has 0 aromatic heterocycles. The molecule has 0 fully saturated rings. The fourth-order valence-electron chi connectivity index (χ4n) is 1.05. The van der Waals surface area contributed by atoms with Gasteiger partial charge in [0.15, 0.2) is 17.5 Å². The van der Waals surface area contributed by atoms with Crippen molar-refractivity contribution in [1.82, 2.24) is 0 Å². The van der Waals surface area contributed by atoms with Gasteiger partial charge in [0, 0.05) is 11.6 Å². The highest BCUT2D eigenvalue weighted by atomic mass is 19.2. The molecule has 0 amide bonds. The summed E-state index contributed by atoms with van der Waals surface area (Å²) in [5.74, 6) is -3.83. The molecule has 0 unspecified atom stereocenters. The highest BCUT2D eigenvalue weighted by Gasteiger charge is 2.16. The van der Waals surface area contributed by atoms with Crippen LogP contribution in [0.1, 0.15) is 24.9 Å². The third-order valence-electron chi connectivity index (χ3n) is 1.90. The lowest BCUT2D eigenvalue weighted by molar-refractivity contribution is 0.434. The molecule has 1 aromatic rings. The molecule has 0 aliphatic rings. The van der Waals surface area contributed by atoms with Crippen molar-refractivity contribution >= 4 is 0 Å². The van der Waals surface area contributed by atoms with Crippen LogP contribution in [0.4, 0.5) is 13.2 Å². The second kappa shape index (κ2) is 3.79. The molecular weight excluding hydrogens is 179 g/mol. The van der Waals surface area contributed by atoms with E-state index in [-0.39, 0.29) is 5.56 Å². The molecule has 13 heavy (non-hydrogen) atoms. The summed E-state index contributed by atoms with van der Waals surface area (Å²) < 4.78 is 38.2. The maximum atomic E-state index is 13.0. The van der Waals surface area contributed by atoms with Crippen LogP contribution in [0.3, 0.4) is 0 Å². The van der Waals surface area contributed by atoms with E-state index < -0.39 is 23.5 Å². The summed E-state index contributed by atoms with van der Waals surface area (Å²) in [7, 11) is 0. The number of hydrogen-bond donors (Lipinski definition) is 1. The molecule has 4 heteroatoms. The van der Waals surface area contributed by atoms with Crippen molar-refractivity contribution in [3.63, 3.8) is 0 Å². The minimum atomic E-state index is -1.46. The zero-order chi connectivity index (χ0) is 10.0. The van der Waals surface area contributed by atoms with Crippen molar-refractivity contribution in [3.05, 3.63) is 35.1 Å². The first-order valence-electron chi connectivity index (χ1n) is 3.96. The van der Waals surface area contributed by atoms with Gasteiger partial charge >= 0.3 is 0 Å². The Morgan fingerprint density at radius 2 is 1.85 bits per heavy atom. The molecule has 0 heterocycles. The topological polar surface area (TPSA) is 26.0 Å². The zero-order valence-electron chi connectivity index (χ0n) is 7.15. The van der Waals surface area contributed by atoms with Gasteiger partial charge in [0.2, 0.25) is 0 Å². The summed E-state index contributed by atoms with van der Waals surface area (Å²) in [6, 6.07) is 1.46. The number of hydrogen-bond acceptors (Lipinski definition) is 1. The van der Waals surface area contributed by atoms with E-state index in [2.05, 4.69) is 0 Å². The predicted molar refractivity (Wildman–Crippen MR) is 43.5 cm³/mol. The van der Waals surface area contributed by atoms with Gasteiger partial charge in [0.05, 0.1) is 0 Å². The fraction of sp³-hybridized carbons (Fsp3) is 0.333. The summed E-state index contributed by atoms with van der Waals surface area (Å²) in [6.45, 7) is 1.74. The lowest BCUT2D eigenvalue weighted by Gasteiger charge is -2.10. The molecule has 0 saturated carbocycles. The second-order valence-electron chi connectivity index (χ2n) is 2.78. The molecule has 0 spiro atoms. The lowest BCUT2D eigenvalue weighted by atomic mass is 10.0. The van der Waals surface area contributed by atoms with Crippen molar-refractivity contribution in [2.75, 3.05) is 0 Å². The molecule has 1 nitrogen and oxygen atoms in total. The van der Waals surface area contributed by atoms with Gasteiger partial charge in [-0.1, -0.05) is 13.0 Å². The molecule has 0 saturated heterocycles. The largest absolute Gasteiger partial charge is 0.324 e. The van der Waals surface area contributed by atoms with Crippen LogP contribution in [0.15, 0.2) is 12.1 Å². The summed E-state index contributed by atoms with van der Waals surface area (Å²) in [4.78, 5) is 0. The first kappa shape index (κ1) is 10.1. The van der Waals surface area contributed by atoms with Crippen LogP contribution in [0.25, 0.3) is 0 Å². The Kier molecular flexibility index (Phi) is 2.93. The maximum Gasteiger partial charge on any atom is 0.194 e. The fourth-order valence-corrected chi connectivity index (χ4v) is 1.05. The maximum absolute atomic E-state index is 13.0. The van der Waals surface area contributed by atoms with E-state index in [9.17, 15) is 13.2 Å². The molecule has 1 aromatic carbocycles. The minimum absolute atomic E-state index is 0.0152. The molecule has 2 N–H and O–H groups in total. The average molecular weight is 189 g/mol. The van der Waals surface area contributed by atoms with Crippen LogP contribution in [0.5, 0.6) is 0 Å². The van der Waals surface area contributed by atoms with Crippen LogP contribution in [0.2, 0.25) is 0 Å². The third-order valence-corrected chi connectivity index (χ3v) is 1.90. The van der Waals surface area contributed by atoms with Crippen LogP contribution < -0.4 is 5.73 Å². The van der Waals surface area contributed by atoms with E-state index >= 15 is 0 Å².